The number of methoxy groups -OCH3 is 1. The molecular formula is C20H20N2O4. The second-order valence-corrected chi connectivity index (χ2v) is 6.13. The summed E-state index contributed by atoms with van der Waals surface area (Å²) in [5.74, 6) is -1.53. The molecule has 3 rings (SSSR count). The SMILES string of the molecule is COCCN1C(=O)C(=O)/C(=C(/O)c2ccncc2)C1c1ccc(C)cc1. The van der Waals surface area contributed by atoms with Crippen LogP contribution in [0, 0.1) is 6.92 Å². The van der Waals surface area contributed by atoms with Crippen molar-refractivity contribution in [2.75, 3.05) is 20.3 Å². The summed E-state index contributed by atoms with van der Waals surface area (Å²) < 4.78 is 5.08. The number of hydrogen-bond acceptors (Lipinski definition) is 5. The van der Waals surface area contributed by atoms with Crippen LogP contribution in [-0.4, -0.2) is 46.9 Å². The average molecular weight is 352 g/mol. The van der Waals surface area contributed by atoms with E-state index in [2.05, 4.69) is 4.98 Å². The lowest BCUT2D eigenvalue weighted by Gasteiger charge is -2.25. The highest BCUT2D eigenvalue weighted by molar-refractivity contribution is 6.46. The molecule has 6 nitrogen and oxygen atoms in total. The van der Waals surface area contributed by atoms with Crippen LogP contribution in [0.4, 0.5) is 0 Å². The molecule has 0 saturated carbocycles. The molecule has 1 fully saturated rings. The lowest BCUT2D eigenvalue weighted by atomic mass is 9.95. The van der Waals surface area contributed by atoms with Crippen LogP contribution in [0.15, 0.2) is 54.4 Å². The van der Waals surface area contributed by atoms with Crippen molar-refractivity contribution in [3.8, 4) is 0 Å². The molecule has 0 spiro atoms. The summed E-state index contributed by atoms with van der Waals surface area (Å²) >= 11 is 0. The van der Waals surface area contributed by atoms with Gasteiger partial charge in [-0.15, -0.1) is 0 Å². The standard InChI is InChI=1S/C20H20N2O4/c1-13-3-5-14(6-4-13)17-16(18(23)15-7-9-21-10-8-15)19(24)20(25)22(17)11-12-26-2/h3-10,17,23H,11-12H2,1-2H3/b18-16+. The van der Waals surface area contributed by atoms with Crippen LogP contribution in [0.2, 0.25) is 0 Å². The molecule has 1 saturated heterocycles. The highest BCUT2D eigenvalue weighted by Crippen LogP contribution is 2.39. The van der Waals surface area contributed by atoms with Gasteiger partial charge in [-0.1, -0.05) is 29.8 Å². The molecule has 1 amide bonds. The molecule has 0 aliphatic carbocycles. The number of aliphatic hydroxyl groups is 1. The molecule has 2 heterocycles. The van der Waals surface area contributed by atoms with Gasteiger partial charge in [-0.25, -0.2) is 0 Å². The first-order chi connectivity index (χ1) is 12.5. The van der Waals surface area contributed by atoms with Gasteiger partial charge in [0, 0.05) is 31.6 Å². The number of amides is 1. The first-order valence-corrected chi connectivity index (χ1v) is 8.29. The van der Waals surface area contributed by atoms with Crippen molar-refractivity contribution in [1.82, 2.24) is 9.88 Å². The number of aliphatic hydroxyl groups excluding tert-OH is 1. The highest BCUT2D eigenvalue weighted by Gasteiger charge is 2.45. The summed E-state index contributed by atoms with van der Waals surface area (Å²) in [6.45, 7) is 2.51. The van der Waals surface area contributed by atoms with E-state index in [1.54, 1.807) is 12.1 Å². The summed E-state index contributed by atoms with van der Waals surface area (Å²) in [5.41, 5.74) is 2.36. The number of Topliss-reactive ketones (excluding diaryl/α,β-unsaturated/α-hetero) is 1. The fraction of sp³-hybridized carbons (Fsp3) is 0.250. The van der Waals surface area contributed by atoms with Crippen LogP contribution < -0.4 is 0 Å². The Balaban J connectivity index is 2.15. The van der Waals surface area contributed by atoms with Gasteiger partial charge in [0.1, 0.15) is 5.76 Å². The van der Waals surface area contributed by atoms with E-state index < -0.39 is 17.7 Å². The van der Waals surface area contributed by atoms with Gasteiger partial charge in [-0.2, -0.15) is 0 Å². The highest BCUT2D eigenvalue weighted by atomic mass is 16.5. The Labute approximate surface area is 151 Å². The number of ether oxygens (including phenoxy) is 1. The van der Waals surface area contributed by atoms with E-state index in [1.807, 2.05) is 31.2 Å². The summed E-state index contributed by atoms with van der Waals surface area (Å²) in [6.07, 6.45) is 3.05. The number of pyridine rings is 1. The van der Waals surface area contributed by atoms with Crippen LogP contribution in [0.5, 0.6) is 0 Å². The van der Waals surface area contributed by atoms with Gasteiger partial charge in [-0.05, 0) is 24.6 Å². The molecule has 0 radical (unpaired) electrons. The van der Waals surface area contributed by atoms with Gasteiger partial charge in [0.05, 0.1) is 18.2 Å². The maximum Gasteiger partial charge on any atom is 0.295 e. The first kappa shape index (κ1) is 17.8. The number of nitrogens with zero attached hydrogens (tertiary/aromatic N) is 2. The van der Waals surface area contributed by atoms with E-state index in [-0.39, 0.29) is 17.9 Å². The van der Waals surface area contributed by atoms with Crippen LogP contribution in [0.1, 0.15) is 22.7 Å². The van der Waals surface area contributed by atoms with Crippen molar-refractivity contribution in [3.05, 3.63) is 71.1 Å². The van der Waals surface area contributed by atoms with Crippen molar-refractivity contribution in [2.45, 2.75) is 13.0 Å². The Morgan fingerprint density at radius 1 is 1.15 bits per heavy atom. The smallest absolute Gasteiger partial charge is 0.295 e. The van der Waals surface area contributed by atoms with Crippen molar-refractivity contribution < 1.29 is 19.4 Å². The Hall–Kier alpha value is -2.99. The van der Waals surface area contributed by atoms with Crippen molar-refractivity contribution in [3.63, 3.8) is 0 Å². The van der Waals surface area contributed by atoms with E-state index in [0.29, 0.717) is 12.2 Å². The monoisotopic (exact) mass is 352 g/mol. The number of benzene rings is 1. The zero-order chi connectivity index (χ0) is 18.7. The summed E-state index contributed by atoms with van der Waals surface area (Å²) in [6, 6.07) is 10.1. The van der Waals surface area contributed by atoms with E-state index in [9.17, 15) is 14.7 Å². The summed E-state index contributed by atoms with van der Waals surface area (Å²) in [5, 5.41) is 10.8. The lowest BCUT2D eigenvalue weighted by Crippen LogP contribution is -2.32. The molecule has 1 aromatic heterocycles. The Morgan fingerprint density at radius 3 is 2.42 bits per heavy atom. The zero-order valence-corrected chi connectivity index (χ0v) is 14.7. The third-order valence-corrected chi connectivity index (χ3v) is 4.42. The van der Waals surface area contributed by atoms with Crippen LogP contribution in [0.3, 0.4) is 0 Å². The molecule has 134 valence electrons. The van der Waals surface area contributed by atoms with E-state index >= 15 is 0 Å². The molecule has 1 N–H and O–H groups in total. The minimum absolute atomic E-state index is 0.0844. The van der Waals surface area contributed by atoms with Gasteiger partial charge in [0.2, 0.25) is 0 Å². The number of rotatable bonds is 5. The Kier molecular flexibility index (Phi) is 5.14. The number of carbonyl (C=O) groups is 2. The normalized spacial score (nSPS) is 19.2. The topological polar surface area (TPSA) is 79.7 Å². The van der Waals surface area contributed by atoms with Gasteiger partial charge in [-0.3, -0.25) is 14.6 Å². The van der Waals surface area contributed by atoms with Gasteiger partial charge in [0.15, 0.2) is 0 Å². The quantitative estimate of drug-likeness (QED) is 0.508. The Bertz CT molecular complexity index is 844. The minimum atomic E-state index is -0.694. The fourth-order valence-corrected chi connectivity index (χ4v) is 3.06. The molecule has 1 atom stereocenters. The van der Waals surface area contributed by atoms with Gasteiger partial charge >= 0.3 is 0 Å². The van der Waals surface area contributed by atoms with Crippen molar-refractivity contribution in [2.24, 2.45) is 0 Å². The lowest BCUT2D eigenvalue weighted by molar-refractivity contribution is -0.140. The number of carbonyl (C=O) groups excluding carboxylic acids is 2. The van der Waals surface area contributed by atoms with Crippen molar-refractivity contribution >= 4 is 17.4 Å². The molecule has 0 bridgehead atoms. The second kappa shape index (κ2) is 7.49. The first-order valence-electron chi connectivity index (χ1n) is 8.29. The van der Waals surface area contributed by atoms with Crippen LogP contribution in [0.25, 0.3) is 5.76 Å². The third-order valence-electron chi connectivity index (χ3n) is 4.42. The van der Waals surface area contributed by atoms with Gasteiger partial charge in [0.25, 0.3) is 11.7 Å². The number of aryl methyl sites for hydroxylation is 1. The molecule has 26 heavy (non-hydrogen) atoms. The summed E-state index contributed by atoms with van der Waals surface area (Å²) in [7, 11) is 1.54. The van der Waals surface area contributed by atoms with Crippen molar-refractivity contribution in [1.29, 1.82) is 0 Å². The molecule has 1 aliphatic heterocycles. The van der Waals surface area contributed by atoms with Crippen LogP contribution in [-0.2, 0) is 14.3 Å². The molecular weight excluding hydrogens is 332 g/mol. The van der Waals surface area contributed by atoms with Crippen LogP contribution >= 0.6 is 0 Å². The Morgan fingerprint density at radius 2 is 1.81 bits per heavy atom. The maximum absolute atomic E-state index is 12.7. The van der Waals surface area contributed by atoms with E-state index in [4.69, 9.17) is 4.74 Å². The predicted octanol–water partition coefficient (Wildman–Crippen LogP) is 2.46. The minimum Gasteiger partial charge on any atom is -0.507 e. The second-order valence-electron chi connectivity index (χ2n) is 6.13. The predicted molar refractivity (Wildman–Crippen MR) is 96.3 cm³/mol. The largest absolute Gasteiger partial charge is 0.507 e. The summed E-state index contributed by atoms with van der Waals surface area (Å²) in [4.78, 5) is 30.6. The number of ketones is 1. The number of likely N-dealkylation sites (tertiary alicyclic amines) is 1. The molecule has 1 aliphatic rings. The van der Waals surface area contributed by atoms with E-state index in [1.165, 1.54) is 24.4 Å². The molecule has 1 aromatic carbocycles. The van der Waals surface area contributed by atoms with Gasteiger partial charge < -0.3 is 14.7 Å². The third kappa shape index (κ3) is 3.23. The number of aromatic nitrogens is 1. The maximum atomic E-state index is 12.7. The molecule has 2 aromatic rings. The molecule has 6 heteroatoms. The fourth-order valence-electron chi connectivity index (χ4n) is 3.06. The number of hydrogen-bond donors (Lipinski definition) is 1. The van der Waals surface area contributed by atoms with E-state index in [0.717, 1.165) is 11.1 Å². The molecule has 1 unspecified atom stereocenters. The zero-order valence-electron chi connectivity index (χ0n) is 14.7. The average Bonchev–Trinajstić information content (AvgIpc) is 2.91.